The van der Waals surface area contributed by atoms with Gasteiger partial charge in [0.1, 0.15) is 9.84 Å². The summed E-state index contributed by atoms with van der Waals surface area (Å²) in [6.45, 7) is 0.259. The van der Waals surface area contributed by atoms with Gasteiger partial charge in [-0.2, -0.15) is 0 Å². The molecule has 5 nitrogen and oxygen atoms in total. The van der Waals surface area contributed by atoms with Gasteiger partial charge in [-0.3, -0.25) is 4.98 Å². The van der Waals surface area contributed by atoms with E-state index in [4.69, 9.17) is 0 Å². The maximum Gasteiger partial charge on any atom is 0.149 e. The van der Waals surface area contributed by atoms with Gasteiger partial charge in [-0.15, -0.1) is 0 Å². The highest BCUT2D eigenvalue weighted by atomic mass is 32.2. The summed E-state index contributed by atoms with van der Waals surface area (Å²) in [6, 6.07) is 9.41. The normalized spacial score (nSPS) is 11.8. The van der Waals surface area contributed by atoms with Crippen molar-refractivity contribution in [3.63, 3.8) is 0 Å². The molecule has 6 heteroatoms. The van der Waals surface area contributed by atoms with E-state index in [0.717, 1.165) is 16.6 Å². The van der Waals surface area contributed by atoms with Crippen molar-refractivity contribution in [1.82, 2.24) is 4.98 Å². The van der Waals surface area contributed by atoms with Crippen LogP contribution < -0.4 is 4.90 Å². The van der Waals surface area contributed by atoms with E-state index >= 15 is 0 Å². The molecule has 0 saturated heterocycles. The van der Waals surface area contributed by atoms with E-state index in [1.807, 2.05) is 36.2 Å². The van der Waals surface area contributed by atoms with Crippen molar-refractivity contribution < 1.29 is 13.5 Å². The fourth-order valence-electron chi connectivity index (χ4n) is 2.03. The molecule has 0 aliphatic rings. The summed E-state index contributed by atoms with van der Waals surface area (Å²) >= 11 is 0. The first-order valence-electron chi connectivity index (χ1n) is 6.29. The topological polar surface area (TPSA) is 70.5 Å². The number of para-hydroxylation sites is 1. The van der Waals surface area contributed by atoms with Crippen LogP contribution in [0.1, 0.15) is 5.69 Å². The maximum atomic E-state index is 11.3. The van der Waals surface area contributed by atoms with E-state index in [2.05, 4.69) is 4.98 Å². The lowest BCUT2D eigenvalue weighted by atomic mass is 10.1. The first-order chi connectivity index (χ1) is 9.40. The Hall–Kier alpha value is -1.66. The molecule has 0 amide bonds. The molecule has 1 aromatic heterocycles. The fraction of sp³-hybridized carbons (Fsp3) is 0.357. The number of benzene rings is 1. The summed E-state index contributed by atoms with van der Waals surface area (Å²) in [6.07, 6.45) is 1.23. The van der Waals surface area contributed by atoms with Gasteiger partial charge < -0.3 is 10.0 Å². The van der Waals surface area contributed by atoms with Gasteiger partial charge in [-0.25, -0.2) is 8.42 Å². The first-order valence-corrected chi connectivity index (χ1v) is 8.35. The largest absolute Gasteiger partial charge is 0.390 e. The third-order valence-electron chi connectivity index (χ3n) is 3.12. The molecular weight excluding hydrogens is 276 g/mol. The highest BCUT2D eigenvalue weighted by molar-refractivity contribution is 7.90. The number of nitrogens with zero attached hydrogens (tertiary/aromatic N) is 2. The molecule has 108 valence electrons. The number of sulfone groups is 1. The standard InChI is InChI=1S/C14H18N2O3S/c1-16(7-8-20(2,18)19)14-9-11(10-17)15-13-6-4-3-5-12(13)14/h3-6,9,17H,7-8,10H2,1-2H3. The van der Waals surface area contributed by atoms with E-state index in [0.29, 0.717) is 12.2 Å². The number of aliphatic hydroxyl groups is 1. The average Bonchev–Trinajstić information content (AvgIpc) is 2.42. The third-order valence-corrected chi connectivity index (χ3v) is 4.04. The Kier molecular flexibility index (Phi) is 4.25. The van der Waals surface area contributed by atoms with Crippen LogP contribution >= 0.6 is 0 Å². The summed E-state index contributed by atoms with van der Waals surface area (Å²) < 4.78 is 22.5. The number of pyridine rings is 1. The minimum Gasteiger partial charge on any atom is -0.390 e. The van der Waals surface area contributed by atoms with Gasteiger partial charge in [0.05, 0.1) is 23.6 Å². The molecule has 0 fully saturated rings. The zero-order chi connectivity index (χ0) is 14.8. The van der Waals surface area contributed by atoms with Crippen LogP contribution in [-0.4, -0.2) is 44.1 Å². The molecule has 0 unspecified atom stereocenters. The Morgan fingerprint density at radius 3 is 2.65 bits per heavy atom. The van der Waals surface area contributed by atoms with Crippen LogP contribution in [0, 0.1) is 0 Å². The molecule has 1 N–H and O–H groups in total. The highest BCUT2D eigenvalue weighted by Crippen LogP contribution is 2.26. The lowest BCUT2D eigenvalue weighted by Gasteiger charge is -2.21. The zero-order valence-corrected chi connectivity index (χ0v) is 12.4. The Morgan fingerprint density at radius 2 is 2.00 bits per heavy atom. The molecule has 2 rings (SSSR count). The van der Waals surface area contributed by atoms with Gasteiger partial charge in [-0.1, -0.05) is 18.2 Å². The van der Waals surface area contributed by atoms with Gasteiger partial charge in [0.15, 0.2) is 0 Å². The van der Waals surface area contributed by atoms with E-state index in [9.17, 15) is 13.5 Å². The van der Waals surface area contributed by atoms with Crippen LogP contribution in [0.15, 0.2) is 30.3 Å². The van der Waals surface area contributed by atoms with Crippen molar-refractivity contribution >= 4 is 26.4 Å². The van der Waals surface area contributed by atoms with Crippen molar-refractivity contribution in [2.75, 3.05) is 30.5 Å². The van der Waals surface area contributed by atoms with E-state index < -0.39 is 9.84 Å². The van der Waals surface area contributed by atoms with Crippen LogP contribution in [0.4, 0.5) is 5.69 Å². The molecule has 0 aliphatic heterocycles. The van der Waals surface area contributed by atoms with Crippen LogP contribution in [0.2, 0.25) is 0 Å². The number of fused-ring (bicyclic) bond motifs is 1. The van der Waals surface area contributed by atoms with Crippen LogP contribution in [0.25, 0.3) is 10.9 Å². The second kappa shape index (κ2) is 5.76. The summed E-state index contributed by atoms with van der Waals surface area (Å²) in [4.78, 5) is 6.23. The molecular formula is C14H18N2O3S. The van der Waals surface area contributed by atoms with Gasteiger partial charge in [0.2, 0.25) is 0 Å². The zero-order valence-electron chi connectivity index (χ0n) is 11.6. The van der Waals surface area contributed by atoms with E-state index in [1.165, 1.54) is 6.26 Å². The van der Waals surface area contributed by atoms with Gasteiger partial charge in [0, 0.05) is 30.9 Å². The number of hydrogen-bond acceptors (Lipinski definition) is 5. The molecule has 1 heterocycles. The first kappa shape index (κ1) is 14.7. The van der Waals surface area contributed by atoms with Gasteiger partial charge in [-0.05, 0) is 12.1 Å². The quantitative estimate of drug-likeness (QED) is 0.897. The van der Waals surface area contributed by atoms with Crippen molar-refractivity contribution in [3.05, 3.63) is 36.0 Å². The van der Waals surface area contributed by atoms with Crippen LogP contribution in [-0.2, 0) is 16.4 Å². The minimum atomic E-state index is -3.00. The smallest absolute Gasteiger partial charge is 0.149 e. The highest BCUT2D eigenvalue weighted by Gasteiger charge is 2.11. The number of hydrogen-bond donors (Lipinski definition) is 1. The maximum absolute atomic E-state index is 11.3. The van der Waals surface area contributed by atoms with Crippen molar-refractivity contribution in [2.24, 2.45) is 0 Å². The molecule has 0 atom stereocenters. The predicted octanol–water partition coefficient (Wildman–Crippen LogP) is 1.21. The summed E-state index contributed by atoms with van der Waals surface area (Å²) in [7, 11) is -1.16. The molecule has 0 bridgehead atoms. The molecule has 0 spiro atoms. The third kappa shape index (κ3) is 3.46. The predicted molar refractivity (Wildman–Crippen MR) is 80.6 cm³/mol. The van der Waals surface area contributed by atoms with E-state index in [-0.39, 0.29) is 12.4 Å². The number of aromatic nitrogens is 1. The number of rotatable bonds is 5. The fourth-order valence-corrected chi connectivity index (χ4v) is 2.64. The second-order valence-electron chi connectivity index (χ2n) is 4.86. The summed E-state index contributed by atoms with van der Waals surface area (Å²) in [5, 5.41) is 10.2. The second-order valence-corrected chi connectivity index (χ2v) is 7.12. The lowest BCUT2D eigenvalue weighted by Crippen LogP contribution is -2.25. The van der Waals surface area contributed by atoms with Crippen molar-refractivity contribution in [2.45, 2.75) is 6.61 Å². The average molecular weight is 294 g/mol. The molecule has 0 aliphatic carbocycles. The minimum absolute atomic E-state index is 0.0919. The molecule has 0 saturated carbocycles. The van der Waals surface area contributed by atoms with Crippen molar-refractivity contribution in [3.8, 4) is 0 Å². The van der Waals surface area contributed by atoms with Crippen LogP contribution in [0.5, 0.6) is 0 Å². The Labute approximate surface area is 118 Å². The lowest BCUT2D eigenvalue weighted by molar-refractivity contribution is 0.277. The van der Waals surface area contributed by atoms with E-state index in [1.54, 1.807) is 6.07 Å². The van der Waals surface area contributed by atoms with Crippen molar-refractivity contribution in [1.29, 1.82) is 0 Å². The Balaban J connectivity index is 2.41. The van der Waals surface area contributed by atoms with Crippen LogP contribution in [0.3, 0.4) is 0 Å². The SMILES string of the molecule is CN(CCS(C)(=O)=O)c1cc(CO)nc2ccccc12. The van der Waals surface area contributed by atoms with Gasteiger partial charge >= 0.3 is 0 Å². The summed E-state index contributed by atoms with van der Waals surface area (Å²) in [5.41, 5.74) is 2.24. The number of aliphatic hydroxyl groups excluding tert-OH is 1. The molecule has 20 heavy (non-hydrogen) atoms. The monoisotopic (exact) mass is 294 g/mol. The van der Waals surface area contributed by atoms with Gasteiger partial charge in [0.25, 0.3) is 0 Å². The Morgan fingerprint density at radius 1 is 1.30 bits per heavy atom. The molecule has 0 radical (unpaired) electrons. The molecule has 2 aromatic rings. The molecule has 1 aromatic carbocycles. The summed E-state index contributed by atoms with van der Waals surface area (Å²) in [5.74, 6) is 0.0919. The number of anilines is 1. The Bertz CT molecular complexity index is 713.